The number of likely N-dealkylation sites (tertiary alicyclic amines) is 1. The van der Waals surface area contributed by atoms with Crippen LogP contribution >= 0.6 is 0 Å². The molecule has 12 heteroatoms. The van der Waals surface area contributed by atoms with Crippen LogP contribution in [0.1, 0.15) is 18.7 Å². The molecule has 0 aliphatic carbocycles. The van der Waals surface area contributed by atoms with E-state index in [1.807, 2.05) is 4.90 Å². The highest BCUT2D eigenvalue weighted by Crippen LogP contribution is 2.21. The summed E-state index contributed by atoms with van der Waals surface area (Å²) in [4.78, 5) is 22.7. The Morgan fingerprint density at radius 1 is 1.28 bits per heavy atom. The lowest BCUT2D eigenvalue weighted by Crippen LogP contribution is -2.42. The second kappa shape index (κ2) is 12.3. The predicted molar refractivity (Wildman–Crippen MR) is 137 cm³/mol. The maximum atomic E-state index is 12.6. The number of nitrogens with two attached hydrogens (primary N) is 3. The van der Waals surface area contributed by atoms with E-state index in [0.717, 1.165) is 12.8 Å². The van der Waals surface area contributed by atoms with E-state index < -0.39 is 0 Å². The molecular weight excluding hydrogens is 462 g/mol. The zero-order chi connectivity index (χ0) is 26.1. The first-order chi connectivity index (χ1) is 17.3. The quantitative estimate of drug-likeness (QED) is 0.325. The van der Waals surface area contributed by atoms with Gasteiger partial charge in [-0.15, -0.1) is 0 Å². The SMILES string of the molecule is C=C(N)N=C/C(=C\N)C(=C)/C=C\C(=C/N)c1noc(-c2cnn(CC(=O)N3CCC(OC)CC3)c2)n1. The molecule has 6 N–H and O–H groups in total. The minimum atomic E-state index is -0.00383. The van der Waals surface area contributed by atoms with E-state index in [1.54, 1.807) is 36.3 Å². The largest absolute Gasteiger partial charge is 0.404 e. The van der Waals surface area contributed by atoms with Crippen molar-refractivity contribution in [2.45, 2.75) is 25.5 Å². The summed E-state index contributed by atoms with van der Waals surface area (Å²) in [6.07, 6.45) is 12.6. The van der Waals surface area contributed by atoms with Crippen LogP contribution in [0.3, 0.4) is 0 Å². The number of allylic oxidation sites excluding steroid dienone is 5. The number of carbonyl (C=O) groups is 1. The third-order valence-electron chi connectivity index (χ3n) is 5.55. The highest BCUT2D eigenvalue weighted by atomic mass is 16.5. The van der Waals surface area contributed by atoms with Gasteiger partial charge >= 0.3 is 0 Å². The molecule has 0 saturated carbocycles. The van der Waals surface area contributed by atoms with Crippen molar-refractivity contribution in [3.63, 3.8) is 0 Å². The number of amides is 1. The fraction of sp³-hybridized carbons (Fsp3) is 0.292. The Hall–Kier alpha value is -4.45. The van der Waals surface area contributed by atoms with Crippen LogP contribution in [-0.4, -0.2) is 63.2 Å². The molecule has 0 atom stereocenters. The molecule has 12 nitrogen and oxygen atoms in total. The molecule has 0 spiro atoms. The number of carbonyl (C=O) groups excluding carboxylic acids is 1. The predicted octanol–water partition coefficient (Wildman–Crippen LogP) is 1.33. The van der Waals surface area contributed by atoms with Crippen molar-refractivity contribution < 1.29 is 14.1 Å². The smallest absolute Gasteiger partial charge is 0.261 e. The number of piperidine rings is 1. The van der Waals surface area contributed by atoms with Gasteiger partial charge in [0.2, 0.25) is 11.7 Å². The van der Waals surface area contributed by atoms with Crippen LogP contribution in [-0.2, 0) is 16.1 Å². The second-order valence-corrected chi connectivity index (χ2v) is 8.02. The lowest BCUT2D eigenvalue weighted by Gasteiger charge is -2.31. The maximum absolute atomic E-state index is 12.6. The fourth-order valence-electron chi connectivity index (χ4n) is 3.47. The van der Waals surface area contributed by atoms with Gasteiger partial charge in [0.25, 0.3) is 5.89 Å². The minimum Gasteiger partial charge on any atom is -0.404 e. The first kappa shape index (κ1) is 26.2. The van der Waals surface area contributed by atoms with Gasteiger partial charge < -0.3 is 31.4 Å². The molecule has 1 aliphatic heterocycles. The first-order valence-electron chi connectivity index (χ1n) is 11.2. The van der Waals surface area contributed by atoms with Crippen LogP contribution < -0.4 is 17.2 Å². The number of aliphatic imine (C=N–C) groups is 1. The molecule has 0 radical (unpaired) electrons. The van der Waals surface area contributed by atoms with Gasteiger partial charge in [0.05, 0.1) is 17.9 Å². The molecule has 2 aromatic rings. The minimum absolute atomic E-state index is 0.00383. The number of aromatic nitrogens is 4. The molecule has 3 heterocycles. The Bertz CT molecular complexity index is 1210. The standard InChI is InChI=1S/C24H31N9O3/c1-16(19(11-26)12-28-17(2)27)4-5-18(10-25)23-30-24(36-31-23)20-13-29-33(14-20)15-22(34)32-8-6-21(35-3)7-9-32/h4-5,10-14,21H,1-2,6-9,15,25-27H2,3H3/b5-4-,18-10+,19-11+,28-12?. The normalized spacial score (nSPS) is 15.8. The van der Waals surface area contributed by atoms with Crippen LogP contribution in [0.15, 0.2) is 76.6 Å². The van der Waals surface area contributed by atoms with Crippen molar-refractivity contribution in [2.24, 2.45) is 22.2 Å². The Kier molecular flexibility index (Phi) is 8.95. The lowest BCUT2D eigenvalue weighted by atomic mass is 10.1. The zero-order valence-electron chi connectivity index (χ0n) is 20.2. The van der Waals surface area contributed by atoms with E-state index in [2.05, 4.69) is 33.4 Å². The van der Waals surface area contributed by atoms with Gasteiger partial charge in [-0.2, -0.15) is 10.1 Å². The van der Waals surface area contributed by atoms with Crippen molar-refractivity contribution in [3.05, 3.63) is 72.9 Å². The third kappa shape index (κ3) is 6.79. The zero-order valence-corrected chi connectivity index (χ0v) is 20.2. The average Bonchev–Trinajstić information content (AvgIpc) is 3.55. The summed E-state index contributed by atoms with van der Waals surface area (Å²) >= 11 is 0. The molecule has 3 rings (SSSR count). The first-order valence-corrected chi connectivity index (χ1v) is 11.2. The Morgan fingerprint density at radius 2 is 2.03 bits per heavy atom. The van der Waals surface area contributed by atoms with Crippen LogP contribution in [0, 0.1) is 0 Å². The van der Waals surface area contributed by atoms with E-state index in [4.69, 9.17) is 26.5 Å². The molecular formula is C24H31N9O3. The summed E-state index contributed by atoms with van der Waals surface area (Å²) in [7, 11) is 1.70. The van der Waals surface area contributed by atoms with Gasteiger partial charge in [-0.3, -0.25) is 9.48 Å². The van der Waals surface area contributed by atoms with E-state index in [1.165, 1.54) is 18.6 Å². The van der Waals surface area contributed by atoms with Gasteiger partial charge in [-0.1, -0.05) is 24.4 Å². The topological polar surface area (TPSA) is 177 Å². The molecule has 190 valence electrons. The van der Waals surface area contributed by atoms with Gasteiger partial charge in [-0.05, 0) is 24.5 Å². The molecule has 0 unspecified atom stereocenters. The third-order valence-corrected chi connectivity index (χ3v) is 5.55. The van der Waals surface area contributed by atoms with Crippen molar-refractivity contribution in [1.29, 1.82) is 0 Å². The van der Waals surface area contributed by atoms with Gasteiger partial charge in [-0.25, -0.2) is 4.99 Å². The summed E-state index contributed by atoms with van der Waals surface area (Å²) in [5.74, 6) is 0.652. The van der Waals surface area contributed by atoms with E-state index in [-0.39, 0.29) is 36.1 Å². The van der Waals surface area contributed by atoms with Crippen LogP contribution in [0.5, 0.6) is 0 Å². The number of nitrogens with zero attached hydrogens (tertiary/aromatic N) is 6. The Morgan fingerprint density at radius 3 is 2.67 bits per heavy atom. The van der Waals surface area contributed by atoms with Gasteiger partial charge in [0, 0.05) is 56.2 Å². The van der Waals surface area contributed by atoms with E-state index in [9.17, 15) is 4.79 Å². The Labute approximate surface area is 209 Å². The lowest BCUT2D eigenvalue weighted by molar-refractivity contribution is -0.134. The average molecular weight is 494 g/mol. The van der Waals surface area contributed by atoms with Gasteiger partial charge in [0.15, 0.2) is 0 Å². The molecule has 2 aromatic heterocycles. The van der Waals surface area contributed by atoms with E-state index >= 15 is 0 Å². The second-order valence-electron chi connectivity index (χ2n) is 8.02. The number of hydrogen-bond acceptors (Lipinski definition) is 10. The molecule has 1 fully saturated rings. The fourth-order valence-corrected chi connectivity index (χ4v) is 3.47. The Balaban J connectivity index is 1.64. The summed E-state index contributed by atoms with van der Waals surface area (Å²) in [5, 5.41) is 8.25. The van der Waals surface area contributed by atoms with Crippen molar-refractivity contribution in [3.8, 4) is 11.5 Å². The van der Waals surface area contributed by atoms with Crippen LogP contribution in [0.4, 0.5) is 0 Å². The van der Waals surface area contributed by atoms with Crippen LogP contribution in [0.2, 0.25) is 0 Å². The highest BCUT2D eigenvalue weighted by molar-refractivity contribution is 5.86. The van der Waals surface area contributed by atoms with Crippen molar-refractivity contribution in [2.75, 3.05) is 20.2 Å². The maximum Gasteiger partial charge on any atom is 0.261 e. The number of ether oxygens (including phenoxy) is 1. The number of methoxy groups -OCH3 is 1. The van der Waals surface area contributed by atoms with Crippen molar-refractivity contribution >= 4 is 17.7 Å². The van der Waals surface area contributed by atoms with Crippen LogP contribution in [0.25, 0.3) is 17.0 Å². The number of hydrogen-bond donors (Lipinski definition) is 3. The van der Waals surface area contributed by atoms with Gasteiger partial charge in [0.1, 0.15) is 12.4 Å². The molecule has 1 saturated heterocycles. The monoisotopic (exact) mass is 493 g/mol. The van der Waals surface area contributed by atoms with Crippen molar-refractivity contribution in [1.82, 2.24) is 24.8 Å². The molecule has 0 aromatic carbocycles. The molecule has 1 aliphatic rings. The molecule has 1 amide bonds. The molecule has 36 heavy (non-hydrogen) atoms. The summed E-state index contributed by atoms with van der Waals surface area (Å²) in [6.45, 7) is 8.91. The summed E-state index contributed by atoms with van der Waals surface area (Å²) in [6, 6.07) is 0. The molecule has 0 bridgehead atoms. The highest BCUT2D eigenvalue weighted by Gasteiger charge is 2.23. The number of rotatable bonds is 10. The van der Waals surface area contributed by atoms with E-state index in [0.29, 0.717) is 35.4 Å². The summed E-state index contributed by atoms with van der Waals surface area (Å²) < 4.78 is 12.3. The summed E-state index contributed by atoms with van der Waals surface area (Å²) in [5.41, 5.74) is 19.0.